The first-order valence-electron chi connectivity index (χ1n) is 18.4. The molecule has 0 radical (unpaired) electrons. The molecule has 1 amide bonds. The van der Waals surface area contributed by atoms with Crippen LogP contribution in [0.4, 0.5) is 0 Å². The summed E-state index contributed by atoms with van der Waals surface area (Å²) in [6, 6.07) is 19.1. The third-order valence-corrected chi connectivity index (χ3v) is 14.9. The van der Waals surface area contributed by atoms with E-state index < -0.39 is 29.5 Å². The largest absolute Gasteiger partial charge is 0.393 e. The molecule has 0 saturated heterocycles. The highest BCUT2D eigenvalue weighted by Crippen LogP contribution is 2.69. The van der Waals surface area contributed by atoms with Crippen LogP contribution < -0.4 is 5.32 Å². The third kappa shape index (κ3) is 4.85. The van der Waals surface area contributed by atoms with Gasteiger partial charge in [0.05, 0.1) is 17.4 Å². The summed E-state index contributed by atoms with van der Waals surface area (Å²) in [6.07, 6.45) is 4.41. The summed E-state index contributed by atoms with van der Waals surface area (Å²) in [7, 11) is 0. The minimum Gasteiger partial charge on any atom is -0.393 e. The number of fused-ring (bicyclic) bond motifs is 5. The molecule has 7 atom stereocenters. The summed E-state index contributed by atoms with van der Waals surface area (Å²) < 4.78 is 0. The molecule has 0 aliphatic heterocycles. The third-order valence-electron chi connectivity index (χ3n) is 13.8. The Morgan fingerprint density at radius 1 is 0.960 bits per heavy atom. The number of carbonyl (C=O) groups is 3. The van der Waals surface area contributed by atoms with Crippen molar-refractivity contribution in [2.45, 2.75) is 83.3 Å². The Bertz CT molecular complexity index is 2040. The van der Waals surface area contributed by atoms with Gasteiger partial charge in [0.2, 0.25) is 5.91 Å². The predicted molar refractivity (Wildman–Crippen MR) is 198 cm³/mol. The molecule has 4 N–H and O–H groups in total. The average molecular weight is 694 g/mol. The lowest BCUT2D eigenvalue weighted by Crippen LogP contribution is -2.62. The molecule has 4 aromatic carbocycles. The number of nitrogens with one attached hydrogen (secondary N) is 1. The number of rotatable bonds is 9. The van der Waals surface area contributed by atoms with Crippen molar-refractivity contribution in [3.05, 3.63) is 70.6 Å². The van der Waals surface area contributed by atoms with E-state index in [0.717, 1.165) is 35.1 Å². The van der Waals surface area contributed by atoms with E-state index in [9.17, 15) is 29.7 Å². The van der Waals surface area contributed by atoms with Gasteiger partial charge in [0.1, 0.15) is 12.2 Å². The monoisotopic (exact) mass is 693 g/mol. The lowest BCUT2D eigenvalue weighted by molar-refractivity contribution is -0.184. The van der Waals surface area contributed by atoms with Gasteiger partial charge in [-0.15, -0.1) is 11.8 Å². The van der Waals surface area contributed by atoms with Gasteiger partial charge in [-0.1, -0.05) is 68.4 Å². The van der Waals surface area contributed by atoms with Crippen molar-refractivity contribution >= 4 is 61.6 Å². The van der Waals surface area contributed by atoms with Crippen molar-refractivity contribution in [1.82, 2.24) is 5.32 Å². The smallest absolute Gasteiger partial charge is 0.224 e. The number of aliphatic hydroxyl groups excluding tert-OH is 2. The second-order valence-corrected chi connectivity index (χ2v) is 16.8. The highest BCUT2D eigenvalue weighted by atomic mass is 32.2. The van der Waals surface area contributed by atoms with Gasteiger partial charge < -0.3 is 20.6 Å². The number of hydrogen-bond donors (Lipinski definition) is 4. The maximum Gasteiger partial charge on any atom is 0.224 e. The van der Waals surface area contributed by atoms with E-state index in [1.165, 1.54) is 32.5 Å². The van der Waals surface area contributed by atoms with Crippen LogP contribution in [-0.2, 0) is 20.8 Å². The van der Waals surface area contributed by atoms with Crippen LogP contribution in [0.1, 0.15) is 70.8 Å². The molecule has 4 aromatic rings. The Morgan fingerprint density at radius 3 is 2.42 bits per heavy atom. The Labute approximate surface area is 297 Å². The van der Waals surface area contributed by atoms with Crippen molar-refractivity contribution in [2.75, 3.05) is 18.9 Å². The lowest BCUT2D eigenvalue weighted by Gasteiger charge is -2.61. The maximum atomic E-state index is 13.5. The zero-order valence-electron chi connectivity index (χ0n) is 29.0. The number of benzene rings is 4. The van der Waals surface area contributed by atoms with E-state index in [0.29, 0.717) is 44.4 Å². The Hall–Kier alpha value is -3.30. The van der Waals surface area contributed by atoms with E-state index in [-0.39, 0.29) is 41.3 Å². The fourth-order valence-electron chi connectivity index (χ4n) is 11.5. The highest BCUT2D eigenvalue weighted by molar-refractivity contribution is 8.04. The molecule has 4 aliphatic carbocycles. The van der Waals surface area contributed by atoms with Crippen molar-refractivity contribution in [2.24, 2.45) is 28.6 Å². The van der Waals surface area contributed by atoms with Crippen molar-refractivity contribution in [1.29, 1.82) is 0 Å². The number of thioether (sulfide) groups is 1. The molecule has 4 aliphatic rings. The number of Topliss-reactive ketones (excluding diaryl/α,β-unsaturated/α-hetero) is 2. The van der Waals surface area contributed by atoms with E-state index in [2.05, 4.69) is 66.8 Å². The molecule has 7 nitrogen and oxygen atoms in total. The van der Waals surface area contributed by atoms with Gasteiger partial charge in [-0.2, -0.15) is 0 Å². The van der Waals surface area contributed by atoms with Crippen LogP contribution in [0, 0.1) is 28.6 Å². The number of hydrogen-bond acceptors (Lipinski definition) is 7. The SMILES string of the molecule is CCC12CCC(=O)C(SCCNC(=O)Cc3ccc4ccc5cccc6ccc3c4c56)=C1CCC1C2C(O)CC2(C)C1CC[C@]2(O)C(=O)CO. The minimum atomic E-state index is -1.62. The van der Waals surface area contributed by atoms with Crippen molar-refractivity contribution in [3.8, 4) is 0 Å². The maximum absolute atomic E-state index is 13.5. The molecular formula is C42H47NO6S. The van der Waals surface area contributed by atoms with Gasteiger partial charge in [-0.3, -0.25) is 14.4 Å². The highest BCUT2D eigenvalue weighted by Gasteiger charge is 2.68. The molecule has 6 unspecified atom stereocenters. The lowest BCUT2D eigenvalue weighted by atomic mass is 9.44. The van der Waals surface area contributed by atoms with Gasteiger partial charge in [0, 0.05) is 24.1 Å². The number of carbonyl (C=O) groups excluding carboxylic acids is 3. The van der Waals surface area contributed by atoms with Gasteiger partial charge in [0.15, 0.2) is 11.6 Å². The van der Waals surface area contributed by atoms with Crippen molar-refractivity contribution < 1.29 is 29.7 Å². The van der Waals surface area contributed by atoms with E-state index >= 15 is 0 Å². The predicted octanol–water partition coefficient (Wildman–Crippen LogP) is 6.49. The second kappa shape index (κ2) is 12.4. The first kappa shape index (κ1) is 33.8. The van der Waals surface area contributed by atoms with E-state index in [4.69, 9.17) is 0 Å². The summed E-state index contributed by atoms with van der Waals surface area (Å²) in [6.45, 7) is 3.86. The molecule has 8 heteroatoms. The van der Waals surface area contributed by atoms with Crippen LogP contribution in [0.15, 0.2) is 65.1 Å². The topological polar surface area (TPSA) is 124 Å². The quantitative estimate of drug-likeness (QED) is 0.117. The molecule has 0 aromatic heterocycles. The minimum absolute atomic E-state index is 0.0405. The molecular weight excluding hydrogens is 647 g/mol. The molecule has 0 spiro atoms. The normalized spacial score (nSPS) is 32.4. The van der Waals surface area contributed by atoms with E-state index in [1.54, 1.807) is 11.8 Å². The number of amides is 1. The second-order valence-electron chi connectivity index (χ2n) is 15.7. The van der Waals surface area contributed by atoms with Crippen LogP contribution in [-0.4, -0.2) is 63.4 Å². The molecule has 3 saturated carbocycles. The zero-order chi connectivity index (χ0) is 35.0. The van der Waals surface area contributed by atoms with Gasteiger partial charge in [-0.25, -0.2) is 0 Å². The van der Waals surface area contributed by atoms with Crippen molar-refractivity contribution in [3.63, 3.8) is 0 Å². The Morgan fingerprint density at radius 2 is 1.68 bits per heavy atom. The zero-order valence-corrected chi connectivity index (χ0v) is 29.8. The van der Waals surface area contributed by atoms with Crippen LogP contribution in [0.3, 0.4) is 0 Å². The summed E-state index contributed by atoms with van der Waals surface area (Å²) in [5.74, 6) is 0.314. The molecule has 0 bridgehead atoms. The molecule has 0 heterocycles. The van der Waals surface area contributed by atoms with Crippen LogP contribution in [0.25, 0.3) is 32.3 Å². The fourth-order valence-corrected chi connectivity index (χ4v) is 12.6. The number of ketones is 2. The summed E-state index contributed by atoms with van der Waals surface area (Å²) in [5.41, 5.74) is -0.547. The first-order chi connectivity index (χ1) is 24.1. The van der Waals surface area contributed by atoms with E-state index in [1.807, 2.05) is 6.92 Å². The van der Waals surface area contributed by atoms with Gasteiger partial charge >= 0.3 is 0 Å². The molecule has 50 heavy (non-hydrogen) atoms. The van der Waals surface area contributed by atoms with Gasteiger partial charge in [-0.05, 0) is 112 Å². The summed E-state index contributed by atoms with van der Waals surface area (Å²) >= 11 is 1.55. The summed E-state index contributed by atoms with van der Waals surface area (Å²) in [5, 5.41) is 43.4. The Balaban J connectivity index is 0.977. The number of aliphatic hydroxyl groups is 3. The average Bonchev–Trinajstić information content (AvgIpc) is 3.39. The van der Waals surface area contributed by atoms with Crippen LogP contribution in [0.2, 0.25) is 0 Å². The van der Waals surface area contributed by atoms with Gasteiger partial charge in [0.25, 0.3) is 0 Å². The first-order valence-corrected chi connectivity index (χ1v) is 19.4. The molecule has 3 fully saturated rings. The molecule has 8 rings (SSSR count). The van der Waals surface area contributed by atoms with Crippen LogP contribution in [0.5, 0.6) is 0 Å². The fraction of sp³-hybridized carbons (Fsp3) is 0.500. The van der Waals surface area contributed by atoms with Crippen LogP contribution >= 0.6 is 11.8 Å². The number of allylic oxidation sites excluding steroid dienone is 1. The summed E-state index contributed by atoms with van der Waals surface area (Å²) in [4.78, 5) is 40.4. The molecule has 262 valence electrons. The standard InChI is InChI=1S/C42H47NO6S/c1-3-41-17-16-32(45)39(31(41)14-13-29-30-15-18-42(49,34(47)23-44)40(30,2)22-33(46)38(29)41)50-20-19-43-35(48)21-27-10-9-26-8-7-24-5-4-6-25-11-12-28(27)37(26)36(24)25/h4-12,29-30,33,38,44,46,49H,3,13-23H2,1-2H3,(H,43,48)/t29?,30?,33?,38?,40?,41?,42-/m0/s1. The Kier molecular flexibility index (Phi) is 8.41.